The van der Waals surface area contributed by atoms with E-state index in [1.165, 1.54) is 12.1 Å². The molecule has 1 amide bonds. The topological polar surface area (TPSA) is 81.7 Å². The fourth-order valence-electron chi connectivity index (χ4n) is 2.54. The van der Waals surface area contributed by atoms with Crippen LogP contribution >= 0.6 is 0 Å². The minimum Gasteiger partial charge on any atom is -0.490 e. The molecular formula is C20H25NO5S. The third-order valence-electron chi connectivity index (χ3n) is 3.83. The maximum Gasteiger partial charge on any atom is 0.251 e. The standard InChI is InChI=1S/C20H25NO5S/c1-4-25-18-10-9-15(13-19(18)26-5-2)11-12-21-20(22)16-7-6-8-17(14-16)27(3,23)24/h6-10,13-14H,4-5,11-12H2,1-3H3,(H,21,22). The Bertz CT molecular complexity index is 893. The molecule has 0 saturated heterocycles. The minimum absolute atomic E-state index is 0.128. The summed E-state index contributed by atoms with van der Waals surface area (Å²) in [5, 5.41) is 2.81. The second-order valence-electron chi connectivity index (χ2n) is 5.95. The first kappa shape index (κ1) is 20.8. The number of carbonyl (C=O) groups is 1. The van der Waals surface area contributed by atoms with E-state index in [9.17, 15) is 13.2 Å². The van der Waals surface area contributed by atoms with Crippen LogP contribution in [0.1, 0.15) is 29.8 Å². The first-order valence-electron chi connectivity index (χ1n) is 8.82. The van der Waals surface area contributed by atoms with E-state index in [4.69, 9.17) is 9.47 Å². The average molecular weight is 391 g/mol. The van der Waals surface area contributed by atoms with Crippen LogP contribution < -0.4 is 14.8 Å². The molecular weight excluding hydrogens is 366 g/mol. The van der Waals surface area contributed by atoms with Crippen molar-refractivity contribution in [1.82, 2.24) is 5.32 Å². The van der Waals surface area contributed by atoms with Crippen molar-refractivity contribution in [3.8, 4) is 11.5 Å². The lowest BCUT2D eigenvalue weighted by Crippen LogP contribution is -2.25. The zero-order chi connectivity index (χ0) is 19.9. The van der Waals surface area contributed by atoms with Crippen molar-refractivity contribution in [1.29, 1.82) is 0 Å². The Morgan fingerprint density at radius 1 is 1.00 bits per heavy atom. The van der Waals surface area contributed by atoms with Crippen LogP contribution in [0, 0.1) is 0 Å². The Balaban J connectivity index is 2.00. The predicted octanol–water partition coefficient (Wildman–Crippen LogP) is 2.86. The Morgan fingerprint density at radius 3 is 2.37 bits per heavy atom. The lowest BCUT2D eigenvalue weighted by Gasteiger charge is -2.12. The van der Waals surface area contributed by atoms with Gasteiger partial charge >= 0.3 is 0 Å². The van der Waals surface area contributed by atoms with E-state index in [0.717, 1.165) is 11.8 Å². The molecule has 1 N–H and O–H groups in total. The molecule has 0 unspecified atom stereocenters. The largest absolute Gasteiger partial charge is 0.490 e. The van der Waals surface area contributed by atoms with Crippen molar-refractivity contribution >= 4 is 15.7 Å². The van der Waals surface area contributed by atoms with E-state index in [-0.39, 0.29) is 10.8 Å². The summed E-state index contributed by atoms with van der Waals surface area (Å²) in [4.78, 5) is 12.4. The number of ether oxygens (including phenoxy) is 2. The quantitative estimate of drug-likeness (QED) is 0.711. The van der Waals surface area contributed by atoms with Crippen molar-refractivity contribution in [2.45, 2.75) is 25.2 Å². The molecule has 0 fully saturated rings. The fourth-order valence-corrected chi connectivity index (χ4v) is 3.21. The van der Waals surface area contributed by atoms with Gasteiger partial charge in [0.05, 0.1) is 18.1 Å². The molecule has 0 heterocycles. The lowest BCUT2D eigenvalue weighted by molar-refractivity contribution is 0.0954. The normalized spacial score (nSPS) is 11.1. The highest BCUT2D eigenvalue weighted by atomic mass is 32.2. The number of hydrogen-bond acceptors (Lipinski definition) is 5. The van der Waals surface area contributed by atoms with Crippen LogP contribution in [-0.2, 0) is 16.3 Å². The van der Waals surface area contributed by atoms with Crippen LogP contribution in [0.3, 0.4) is 0 Å². The molecule has 146 valence electrons. The molecule has 0 aliphatic heterocycles. The highest BCUT2D eigenvalue weighted by Gasteiger charge is 2.12. The van der Waals surface area contributed by atoms with Crippen molar-refractivity contribution in [3.05, 3.63) is 53.6 Å². The third kappa shape index (κ3) is 5.99. The molecule has 0 atom stereocenters. The Hall–Kier alpha value is -2.54. The van der Waals surface area contributed by atoms with Crippen LogP contribution in [0.15, 0.2) is 47.4 Å². The summed E-state index contributed by atoms with van der Waals surface area (Å²) in [6.45, 7) is 5.34. The molecule has 2 rings (SSSR count). The van der Waals surface area contributed by atoms with Gasteiger partial charge in [0.15, 0.2) is 21.3 Å². The van der Waals surface area contributed by atoms with Crippen LogP contribution in [0.4, 0.5) is 0 Å². The van der Waals surface area contributed by atoms with E-state index < -0.39 is 9.84 Å². The van der Waals surface area contributed by atoms with Gasteiger partial charge in [-0.05, 0) is 56.2 Å². The van der Waals surface area contributed by atoms with Crippen LogP contribution in [0.2, 0.25) is 0 Å². The molecule has 0 saturated carbocycles. The Morgan fingerprint density at radius 2 is 1.70 bits per heavy atom. The maximum absolute atomic E-state index is 12.3. The third-order valence-corrected chi connectivity index (χ3v) is 4.94. The highest BCUT2D eigenvalue weighted by molar-refractivity contribution is 7.90. The average Bonchev–Trinajstić information content (AvgIpc) is 2.63. The van der Waals surface area contributed by atoms with Gasteiger partial charge in [-0.25, -0.2) is 8.42 Å². The SMILES string of the molecule is CCOc1ccc(CCNC(=O)c2cccc(S(C)(=O)=O)c2)cc1OCC. The van der Waals surface area contributed by atoms with E-state index in [1.54, 1.807) is 12.1 Å². The second kappa shape index (κ2) is 9.41. The predicted molar refractivity (Wildman–Crippen MR) is 104 cm³/mol. The van der Waals surface area contributed by atoms with Gasteiger partial charge in [-0.1, -0.05) is 12.1 Å². The second-order valence-corrected chi connectivity index (χ2v) is 7.97. The van der Waals surface area contributed by atoms with Gasteiger partial charge in [0.1, 0.15) is 0 Å². The molecule has 0 aliphatic rings. The van der Waals surface area contributed by atoms with Gasteiger partial charge in [0.2, 0.25) is 0 Å². The van der Waals surface area contributed by atoms with E-state index in [2.05, 4.69) is 5.32 Å². The number of amides is 1. The molecule has 2 aromatic rings. The zero-order valence-corrected chi connectivity index (χ0v) is 16.6. The first-order chi connectivity index (χ1) is 12.8. The summed E-state index contributed by atoms with van der Waals surface area (Å²) in [7, 11) is -3.35. The molecule has 0 radical (unpaired) electrons. The number of rotatable bonds is 9. The smallest absolute Gasteiger partial charge is 0.251 e. The summed E-state index contributed by atoms with van der Waals surface area (Å²) >= 11 is 0. The Kier molecular flexibility index (Phi) is 7.24. The monoisotopic (exact) mass is 391 g/mol. The van der Waals surface area contributed by atoms with Crippen molar-refractivity contribution in [2.24, 2.45) is 0 Å². The summed E-state index contributed by atoms with van der Waals surface area (Å²) in [6, 6.07) is 11.7. The van der Waals surface area contributed by atoms with E-state index in [1.807, 2.05) is 32.0 Å². The van der Waals surface area contributed by atoms with Crippen molar-refractivity contribution in [3.63, 3.8) is 0 Å². The fraction of sp³-hybridized carbons (Fsp3) is 0.350. The molecule has 27 heavy (non-hydrogen) atoms. The highest BCUT2D eigenvalue weighted by Crippen LogP contribution is 2.28. The number of carbonyl (C=O) groups excluding carboxylic acids is 1. The van der Waals surface area contributed by atoms with Crippen molar-refractivity contribution in [2.75, 3.05) is 26.0 Å². The summed E-state index contributed by atoms with van der Waals surface area (Å²) in [5.41, 5.74) is 1.33. The summed E-state index contributed by atoms with van der Waals surface area (Å²) in [5.74, 6) is 1.07. The number of benzene rings is 2. The molecule has 0 spiro atoms. The lowest BCUT2D eigenvalue weighted by atomic mass is 10.1. The number of sulfone groups is 1. The molecule has 0 bridgehead atoms. The van der Waals surface area contributed by atoms with Gasteiger partial charge in [-0.3, -0.25) is 4.79 Å². The van der Waals surface area contributed by atoms with Gasteiger partial charge in [0.25, 0.3) is 5.91 Å². The minimum atomic E-state index is -3.35. The first-order valence-corrected chi connectivity index (χ1v) is 10.7. The summed E-state index contributed by atoms with van der Waals surface area (Å²) < 4.78 is 34.4. The molecule has 0 aromatic heterocycles. The Labute approximate surface area is 160 Å². The molecule has 2 aromatic carbocycles. The molecule has 0 aliphatic carbocycles. The van der Waals surface area contributed by atoms with Gasteiger partial charge in [-0.15, -0.1) is 0 Å². The van der Waals surface area contributed by atoms with Crippen LogP contribution in [0.5, 0.6) is 11.5 Å². The number of nitrogens with one attached hydrogen (secondary N) is 1. The summed E-state index contributed by atoms with van der Waals surface area (Å²) in [6.07, 6.45) is 1.73. The van der Waals surface area contributed by atoms with Gasteiger partial charge < -0.3 is 14.8 Å². The van der Waals surface area contributed by atoms with E-state index in [0.29, 0.717) is 43.2 Å². The van der Waals surface area contributed by atoms with Crippen LogP contribution in [-0.4, -0.2) is 40.3 Å². The van der Waals surface area contributed by atoms with E-state index >= 15 is 0 Å². The molecule has 7 heteroatoms. The number of hydrogen-bond donors (Lipinski definition) is 1. The van der Waals surface area contributed by atoms with Crippen molar-refractivity contribution < 1.29 is 22.7 Å². The van der Waals surface area contributed by atoms with Crippen LogP contribution in [0.25, 0.3) is 0 Å². The van der Waals surface area contributed by atoms with Gasteiger partial charge in [0, 0.05) is 18.4 Å². The van der Waals surface area contributed by atoms with Gasteiger partial charge in [-0.2, -0.15) is 0 Å². The molecule has 6 nitrogen and oxygen atoms in total. The zero-order valence-electron chi connectivity index (χ0n) is 15.8. The maximum atomic E-state index is 12.3.